The van der Waals surface area contributed by atoms with Crippen LogP contribution >= 0.6 is 27.3 Å². The zero-order chi connectivity index (χ0) is 17.5. The minimum Gasteiger partial charge on any atom is -0.493 e. The van der Waals surface area contributed by atoms with E-state index in [9.17, 15) is 4.79 Å². The van der Waals surface area contributed by atoms with Crippen molar-refractivity contribution < 1.29 is 19.4 Å². The first kappa shape index (κ1) is 18.2. The number of hydrogen-bond donors (Lipinski definition) is 1. The lowest BCUT2D eigenvalue weighted by Crippen LogP contribution is -1.96. The summed E-state index contributed by atoms with van der Waals surface area (Å²) in [6.45, 7) is 2.47. The topological polar surface area (TPSA) is 68.7 Å². The molecule has 0 aliphatic carbocycles. The van der Waals surface area contributed by atoms with E-state index in [1.807, 2.05) is 31.2 Å². The van der Waals surface area contributed by atoms with Crippen LogP contribution in [-0.2, 0) is 4.79 Å². The van der Waals surface area contributed by atoms with Crippen LogP contribution in [0.3, 0.4) is 0 Å². The molecule has 24 heavy (non-hydrogen) atoms. The number of ether oxygens (including phenoxy) is 2. The van der Waals surface area contributed by atoms with Crippen LogP contribution in [0.15, 0.2) is 28.1 Å². The minimum absolute atomic E-state index is 0.551. The largest absolute Gasteiger partial charge is 0.493 e. The quantitative estimate of drug-likeness (QED) is 0.677. The lowest BCUT2D eigenvalue weighted by Gasteiger charge is -2.12. The molecule has 0 fully saturated rings. The van der Waals surface area contributed by atoms with Gasteiger partial charge in [0.05, 0.1) is 23.9 Å². The van der Waals surface area contributed by atoms with E-state index in [2.05, 4.69) is 20.9 Å². The highest BCUT2D eigenvalue weighted by molar-refractivity contribution is 9.10. The number of methoxy groups -OCH3 is 1. The van der Waals surface area contributed by atoms with Crippen molar-refractivity contribution in [2.45, 2.75) is 6.92 Å². The first-order valence-corrected chi connectivity index (χ1v) is 8.75. The summed E-state index contributed by atoms with van der Waals surface area (Å²) in [6, 6.07) is 3.81. The fraction of sp³-hybridized carbons (Fsp3) is 0.176. The minimum atomic E-state index is -0.994. The van der Waals surface area contributed by atoms with E-state index in [0.717, 1.165) is 21.1 Å². The monoisotopic (exact) mass is 409 g/mol. The molecule has 7 heteroatoms. The van der Waals surface area contributed by atoms with Crippen LogP contribution in [-0.4, -0.2) is 29.8 Å². The SMILES string of the molecule is CCOc1c(Br)cc(C=Cc2nc(C=CC(=O)O)cs2)cc1OC. The van der Waals surface area contributed by atoms with Gasteiger partial charge in [0, 0.05) is 11.5 Å². The summed E-state index contributed by atoms with van der Waals surface area (Å²) in [5, 5.41) is 11.2. The van der Waals surface area contributed by atoms with Gasteiger partial charge in [0.25, 0.3) is 0 Å². The predicted molar refractivity (Wildman–Crippen MR) is 99.6 cm³/mol. The third-order valence-electron chi connectivity index (χ3n) is 2.90. The molecule has 0 saturated carbocycles. The number of carbonyl (C=O) groups is 1. The van der Waals surface area contributed by atoms with Gasteiger partial charge in [-0.15, -0.1) is 11.3 Å². The third-order valence-corrected chi connectivity index (χ3v) is 4.31. The molecule has 0 spiro atoms. The molecule has 2 rings (SSSR count). The number of aromatic nitrogens is 1. The van der Waals surface area contributed by atoms with Crippen LogP contribution in [0.25, 0.3) is 18.2 Å². The lowest BCUT2D eigenvalue weighted by atomic mass is 10.2. The Labute approximate surface area is 152 Å². The summed E-state index contributed by atoms with van der Waals surface area (Å²) in [4.78, 5) is 14.8. The van der Waals surface area contributed by atoms with Crippen LogP contribution in [0.5, 0.6) is 11.5 Å². The van der Waals surface area contributed by atoms with Crippen molar-refractivity contribution in [1.82, 2.24) is 4.98 Å². The molecule has 0 saturated heterocycles. The second-order valence-corrected chi connectivity index (χ2v) is 6.33. The highest BCUT2D eigenvalue weighted by Gasteiger charge is 2.10. The zero-order valence-electron chi connectivity index (χ0n) is 13.2. The Morgan fingerprint density at radius 1 is 1.38 bits per heavy atom. The van der Waals surface area contributed by atoms with Crippen molar-refractivity contribution in [2.24, 2.45) is 0 Å². The lowest BCUT2D eigenvalue weighted by molar-refractivity contribution is -0.131. The normalized spacial score (nSPS) is 11.3. The maximum atomic E-state index is 10.5. The van der Waals surface area contributed by atoms with Gasteiger partial charge in [0.15, 0.2) is 11.5 Å². The number of benzene rings is 1. The fourth-order valence-electron chi connectivity index (χ4n) is 1.90. The number of carboxylic acid groups (broad SMARTS) is 1. The molecule has 2 aromatic rings. The van der Waals surface area contributed by atoms with E-state index >= 15 is 0 Å². The molecule has 0 amide bonds. The number of rotatable bonds is 7. The summed E-state index contributed by atoms with van der Waals surface area (Å²) in [5.41, 5.74) is 1.55. The molecule has 0 radical (unpaired) electrons. The van der Waals surface area contributed by atoms with Gasteiger partial charge in [-0.1, -0.05) is 6.08 Å². The maximum Gasteiger partial charge on any atom is 0.328 e. The fourth-order valence-corrected chi connectivity index (χ4v) is 3.15. The van der Waals surface area contributed by atoms with Gasteiger partial charge >= 0.3 is 5.97 Å². The summed E-state index contributed by atoms with van der Waals surface area (Å²) in [7, 11) is 1.60. The number of hydrogen-bond acceptors (Lipinski definition) is 5. The average molecular weight is 410 g/mol. The predicted octanol–water partition coefficient (Wildman–Crippen LogP) is 4.58. The summed E-state index contributed by atoms with van der Waals surface area (Å²) >= 11 is 4.92. The molecule has 126 valence electrons. The highest BCUT2D eigenvalue weighted by atomic mass is 79.9. The Morgan fingerprint density at radius 2 is 2.17 bits per heavy atom. The third kappa shape index (κ3) is 4.94. The van der Waals surface area contributed by atoms with Gasteiger partial charge in [0.2, 0.25) is 0 Å². The summed E-state index contributed by atoms with van der Waals surface area (Å²) in [6.07, 6.45) is 6.31. The molecule has 1 heterocycles. The Bertz CT molecular complexity index is 783. The van der Waals surface area contributed by atoms with E-state index < -0.39 is 5.97 Å². The van der Waals surface area contributed by atoms with E-state index in [1.54, 1.807) is 12.5 Å². The Morgan fingerprint density at radius 3 is 2.83 bits per heavy atom. The van der Waals surface area contributed by atoms with Crippen molar-refractivity contribution in [3.8, 4) is 11.5 Å². The van der Waals surface area contributed by atoms with Crippen LogP contribution in [0.4, 0.5) is 0 Å². The van der Waals surface area contributed by atoms with Gasteiger partial charge in [-0.2, -0.15) is 0 Å². The van der Waals surface area contributed by atoms with E-state index in [0.29, 0.717) is 23.8 Å². The molecule has 5 nitrogen and oxygen atoms in total. The van der Waals surface area contributed by atoms with E-state index in [1.165, 1.54) is 17.4 Å². The Kier molecular flexibility index (Phi) is 6.57. The standard InChI is InChI=1S/C17H16BrNO4S/c1-3-23-17-13(18)8-11(9-14(17)22-2)4-6-15-19-12(10-24-15)5-7-16(20)21/h4-10H,3H2,1-2H3,(H,20,21). The maximum absolute atomic E-state index is 10.5. The van der Waals surface area contributed by atoms with Crippen molar-refractivity contribution in [1.29, 1.82) is 0 Å². The molecule has 0 bridgehead atoms. The first-order valence-electron chi connectivity index (χ1n) is 7.08. The zero-order valence-corrected chi connectivity index (χ0v) is 15.6. The van der Waals surface area contributed by atoms with Crippen molar-refractivity contribution in [2.75, 3.05) is 13.7 Å². The molecule has 1 aromatic heterocycles. The molecular formula is C17H16BrNO4S. The molecule has 0 atom stereocenters. The highest BCUT2D eigenvalue weighted by Crippen LogP contribution is 2.37. The average Bonchev–Trinajstić information content (AvgIpc) is 3.01. The number of aliphatic carboxylic acids is 1. The molecule has 0 aliphatic rings. The molecule has 1 aromatic carbocycles. The van der Waals surface area contributed by atoms with E-state index in [-0.39, 0.29) is 0 Å². The van der Waals surface area contributed by atoms with Crippen LogP contribution in [0.1, 0.15) is 23.2 Å². The van der Waals surface area contributed by atoms with Gasteiger partial charge < -0.3 is 14.6 Å². The second kappa shape index (κ2) is 8.65. The Balaban J connectivity index is 2.20. The smallest absolute Gasteiger partial charge is 0.328 e. The number of carboxylic acids is 1. The van der Waals surface area contributed by atoms with Crippen LogP contribution < -0.4 is 9.47 Å². The van der Waals surface area contributed by atoms with Gasteiger partial charge in [0.1, 0.15) is 5.01 Å². The number of halogens is 1. The second-order valence-electron chi connectivity index (χ2n) is 4.58. The summed E-state index contributed by atoms with van der Waals surface area (Å²) in [5.74, 6) is 0.328. The first-order chi connectivity index (χ1) is 11.5. The molecule has 0 aliphatic heterocycles. The van der Waals surface area contributed by atoms with Gasteiger partial charge in [-0.25, -0.2) is 9.78 Å². The van der Waals surface area contributed by atoms with Crippen LogP contribution in [0.2, 0.25) is 0 Å². The number of nitrogens with zero attached hydrogens (tertiary/aromatic N) is 1. The van der Waals surface area contributed by atoms with E-state index in [4.69, 9.17) is 14.6 Å². The van der Waals surface area contributed by atoms with Crippen molar-refractivity contribution in [3.05, 3.63) is 44.3 Å². The van der Waals surface area contributed by atoms with Crippen molar-refractivity contribution >= 4 is 51.5 Å². The molecule has 1 N–H and O–H groups in total. The molecular weight excluding hydrogens is 394 g/mol. The number of thiazole rings is 1. The Hall–Kier alpha value is -2.12. The van der Waals surface area contributed by atoms with Gasteiger partial charge in [-0.3, -0.25) is 0 Å². The summed E-state index contributed by atoms with van der Waals surface area (Å²) < 4.78 is 11.7. The molecule has 0 unspecified atom stereocenters. The van der Waals surface area contributed by atoms with Crippen LogP contribution in [0, 0.1) is 0 Å². The van der Waals surface area contributed by atoms with Gasteiger partial charge in [-0.05, 0) is 52.7 Å². The van der Waals surface area contributed by atoms with Crippen molar-refractivity contribution in [3.63, 3.8) is 0 Å².